The van der Waals surface area contributed by atoms with Crippen molar-refractivity contribution >= 4 is 11.9 Å². The van der Waals surface area contributed by atoms with Crippen LogP contribution in [0.15, 0.2) is 0 Å². The van der Waals surface area contributed by atoms with Crippen molar-refractivity contribution in [3.8, 4) is 0 Å². The molecule has 0 aromatic carbocycles. The van der Waals surface area contributed by atoms with Gasteiger partial charge >= 0.3 is 5.96 Å². The molecule has 0 fully saturated rings. The van der Waals surface area contributed by atoms with Gasteiger partial charge in [-0.1, -0.05) is 0 Å². The van der Waals surface area contributed by atoms with Gasteiger partial charge in [-0.25, -0.2) is 0 Å². The highest BCUT2D eigenvalue weighted by Gasteiger charge is 2.06. The Balaban J connectivity index is 3.44. The number of carboxylic acids is 1. The van der Waals surface area contributed by atoms with Crippen molar-refractivity contribution in [2.45, 2.75) is 12.5 Å². The minimum absolute atomic E-state index is 0.0796. The molecule has 0 aliphatic rings. The average molecular weight is 177 g/mol. The largest absolute Gasteiger partial charge is 0.544 e. The van der Waals surface area contributed by atoms with E-state index in [1.807, 2.05) is 0 Å². The maximum Gasteiger partial charge on any atom is 0.375 e. The first-order chi connectivity index (χ1) is 5.54. The molecule has 0 aliphatic carbocycles. The Bertz CT molecular complexity index is 178. The molecule has 0 aromatic rings. The van der Waals surface area contributed by atoms with Gasteiger partial charge in [0.05, 0.1) is 5.97 Å². The third-order valence-electron chi connectivity index (χ3n) is 1.09. The molecular formula is C5H13N4O3+. The molecule has 0 amide bonds. The highest BCUT2D eigenvalue weighted by atomic mass is 16.6. The fourth-order valence-corrected chi connectivity index (χ4v) is 0.453. The summed E-state index contributed by atoms with van der Waals surface area (Å²) in [5, 5.41) is 12.3. The van der Waals surface area contributed by atoms with Gasteiger partial charge in [-0.3, -0.25) is 11.5 Å². The highest BCUT2D eigenvalue weighted by molar-refractivity contribution is 5.69. The van der Waals surface area contributed by atoms with E-state index in [-0.39, 0.29) is 19.0 Å². The molecule has 0 bridgehead atoms. The number of nitrogens with two attached hydrogens (primary N) is 2. The van der Waals surface area contributed by atoms with Gasteiger partial charge < -0.3 is 20.5 Å². The maximum absolute atomic E-state index is 10.1. The second kappa shape index (κ2) is 5.19. The van der Waals surface area contributed by atoms with E-state index in [1.54, 1.807) is 0 Å². The van der Waals surface area contributed by atoms with Gasteiger partial charge in [0, 0.05) is 6.42 Å². The Morgan fingerprint density at radius 1 is 1.67 bits per heavy atom. The molecule has 0 saturated carbocycles. The summed E-state index contributed by atoms with van der Waals surface area (Å²) < 4.78 is 0. The predicted molar refractivity (Wildman–Crippen MR) is 36.6 cm³/mol. The molecule has 0 rings (SSSR count). The summed E-state index contributed by atoms with van der Waals surface area (Å²) in [6.45, 7) is 0.153. The fourth-order valence-electron chi connectivity index (χ4n) is 0.453. The van der Waals surface area contributed by atoms with Gasteiger partial charge in [-0.05, 0) is 0 Å². The number of hydrogen-bond acceptors (Lipinski definition) is 3. The van der Waals surface area contributed by atoms with Crippen molar-refractivity contribution in [2.24, 2.45) is 11.5 Å². The van der Waals surface area contributed by atoms with Crippen LogP contribution in [-0.2, 0) is 9.63 Å². The summed E-state index contributed by atoms with van der Waals surface area (Å²) >= 11 is 0. The van der Waals surface area contributed by atoms with Crippen LogP contribution in [0.25, 0.3) is 0 Å². The minimum Gasteiger partial charge on any atom is -0.544 e. The second-order valence-electron chi connectivity index (χ2n) is 2.21. The van der Waals surface area contributed by atoms with Crippen molar-refractivity contribution in [3.05, 3.63) is 0 Å². The van der Waals surface area contributed by atoms with Gasteiger partial charge in [0.25, 0.3) is 0 Å². The molecule has 70 valence electrons. The number of hydrogen-bond donors (Lipinski definition) is 4. The first-order valence-corrected chi connectivity index (χ1v) is 3.33. The second-order valence-corrected chi connectivity index (χ2v) is 2.21. The van der Waals surface area contributed by atoms with E-state index in [1.165, 1.54) is 0 Å². The lowest BCUT2D eigenvalue weighted by atomic mass is 10.2. The van der Waals surface area contributed by atoms with E-state index >= 15 is 0 Å². The molecule has 1 atom stereocenters. The van der Waals surface area contributed by atoms with Crippen molar-refractivity contribution < 1.29 is 25.6 Å². The Morgan fingerprint density at radius 3 is 2.67 bits per heavy atom. The summed E-state index contributed by atoms with van der Waals surface area (Å²) in [6, 6.07) is -0.786. The van der Waals surface area contributed by atoms with Crippen molar-refractivity contribution in [2.75, 3.05) is 6.61 Å². The van der Waals surface area contributed by atoms with Crippen molar-refractivity contribution in [1.82, 2.24) is 0 Å². The lowest BCUT2D eigenvalue weighted by Crippen LogP contribution is -2.77. The fraction of sp³-hybridized carbons (Fsp3) is 0.600. The number of guanidine groups is 1. The molecule has 0 aliphatic heterocycles. The van der Waals surface area contributed by atoms with Crippen LogP contribution in [-0.4, -0.2) is 24.6 Å². The van der Waals surface area contributed by atoms with Gasteiger partial charge in [0.2, 0.25) is 0 Å². The molecule has 8 N–H and O–H groups in total. The number of quaternary nitrogens is 1. The van der Waals surface area contributed by atoms with Crippen LogP contribution in [0.2, 0.25) is 0 Å². The lowest BCUT2D eigenvalue weighted by molar-refractivity contribution is -0.755. The monoisotopic (exact) mass is 177 g/mol. The minimum atomic E-state index is -1.21. The van der Waals surface area contributed by atoms with E-state index in [0.29, 0.717) is 0 Å². The van der Waals surface area contributed by atoms with E-state index in [0.717, 1.165) is 0 Å². The lowest BCUT2D eigenvalue weighted by Gasteiger charge is -2.06. The van der Waals surface area contributed by atoms with Crippen molar-refractivity contribution in [1.29, 1.82) is 0 Å². The van der Waals surface area contributed by atoms with Gasteiger partial charge in [0.1, 0.15) is 12.6 Å². The van der Waals surface area contributed by atoms with E-state index < -0.39 is 12.0 Å². The topological polar surface area (TPSA) is 143 Å². The molecule has 0 radical (unpaired) electrons. The van der Waals surface area contributed by atoms with E-state index in [2.05, 4.69) is 15.7 Å². The smallest absolute Gasteiger partial charge is 0.375 e. The standard InChI is InChI=1S/C5H12N4O3/c6-3(4(10)11)1-2-12-9-5(7)8/h3H,1-2,6H2,(H,10,11)(H4,7,8,9)/p+1. The molecule has 0 aromatic heterocycles. The third-order valence-corrected chi connectivity index (χ3v) is 1.09. The summed E-state index contributed by atoms with van der Waals surface area (Å²) in [5.74, 6) is -1.28. The number of aliphatic carboxylic acids is 1. The molecule has 12 heavy (non-hydrogen) atoms. The molecule has 0 heterocycles. The van der Waals surface area contributed by atoms with Crippen LogP contribution in [0.5, 0.6) is 0 Å². The van der Waals surface area contributed by atoms with E-state index in [4.69, 9.17) is 11.5 Å². The Labute approximate surface area is 69.1 Å². The molecule has 7 nitrogen and oxygen atoms in total. The number of carbonyl (C=O) groups is 1. The third kappa shape index (κ3) is 5.30. The first kappa shape index (κ1) is 10.5. The molecular weight excluding hydrogens is 164 g/mol. The number of carbonyl (C=O) groups excluding carboxylic acids is 1. The normalized spacial score (nSPS) is 11.8. The van der Waals surface area contributed by atoms with Crippen LogP contribution in [0.1, 0.15) is 6.42 Å². The SMILES string of the molecule is NC(N)=[NH+]OCCC([NH3+])C(=O)[O-]. The zero-order valence-corrected chi connectivity index (χ0v) is 6.58. The van der Waals surface area contributed by atoms with Crippen LogP contribution >= 0.6 is 0 Å². The molecule has 7 heteroatoms. The van der Waals surface area contributed by atoms with Crippen molar-refractivity contribution in [3.63, 3.8) is 0 Å². The summed E-state index contributed by atoms with van der Waals surface area (Å²) in [7, 11) is 0. The van der Waals surface area contributed by atoms with Gasteiger partial charge in [-0.15, -0.1) is 5.16 Å². The molecule has 0 saturated heterocycles. The summed E-state index contributed by atoms with van der Waals surface area (Å²) in [5.41, 5.74) is 13.3. The van der Waals surface area contributed by atoms with Gasteiger partial charge in [0.15, 0.2) is 0 Å². The first-order valence-electron chi connectivity index (χ1n) is 3.33. The van der Waals surface area contributed by atoms with Crippen LogP contribution in [0.3, 0.4) is 0 Å². The van der Waals surface area contributed by atoms with Crippen LogP contribution in [0, 0.1) is 0 Å². The average Bonchev–Trinajstić information content (AvgIpc) is 1.97. The highest BCUT2D eigenvalue weighted by Crippen LogP contribution is 1.81. The van der Waals surface area contributed by atoms with Gasteiger partial charge in [-0.2, -0.15) is 0 Å². The number of rotatable bonds is 5. The molecule has 0 spiro atoms. The Kier molecular flexibility index (Phi) is 4.54. The number of nitrogens with one attached hydrogen (secondary N) is 1. The number of carboxylic acid groups (broad SMARTS) is 1. The molecule has 1 unspecified atom stereocenters. The summed E-state index contributed by atoms with van der Waals surface area (Å²) in [4.78, 5) is 14.8. The zero-order chi connectivity index (χ0) is 9.56. The Hall–Kier alpha value is -1.50. The zero-order valence-electron chi connectivity index (χ0n) is 6.58. The van der Waals surface area contributed by atoms with Crippen LogP contribution in [0.4, 0.5) is 0 Å². The van der Waals surface area contributed by atoms with E-state index in [9.17, 15) is 9.90 Å². The summed E-state index contributed by atoms with van der Waals surface area (Å²) in [6.07, 6.45) is 0.239. The predicted octanol–water partition coefficient (Wildman–Crippen LogP) is -5.98. The quantitative estimate of drug-likeness (QED) is 0.143. The maximum atomic E-state index is 10.1. The van der Waals surface area contributed by atoms with Crippen LogP contribution < -0.4 is 27.5 Å². The Morgan fingerprint density at radius 2 is 2.25 bits per heavy atom.